The van der Waals surface area contributed by atoms with Gasteiger partial charge >= 0.3 is 12.1 Å². The highest BCUT2D eigenvalue weighted by molar-refractivity contribution is 5.82. The predicted octanol–water partition coefficient (Wildman–Crippen LogP) is 1.85. The molecule has 0 aromatic heterocycles. The molecule has 0 spiro atoms. The molecule has 5 nitrogen and oxygen atoms in total. The van der Waals surface area contributed by atoms with E-state index in [9.17, 15) is 18.0 Å². The fourth-order valence-corrected chi connectivity index (χ4v) is 3.02. The molecule has 0 saturated carbocycles. The van der Waals surface area contributed by atoms with Crippen molar-refractivity contribution >= 4 is 11.9 Å². The van der Waals surface area contributed by atoms with E-state index in [-0.39, 0.29) is 5.92 Å². The second-order valence-corrected chi connectivity index (χ2v) is 6.31. The second-order valence-electron chi connectivity index (χ2n) is 6.31. The molecule has 132 valence electrons. The summed E-state index contributed by atoms with van der Waals surface area (Å²) in [6.45, 7) is 13.0. The van der Waals surface area contributed by atoms with Gasteiger partial charge in [0.05, 0.1) is 5.92 Å². The van der Waals surface area contributed by atoms with E-state index in [4.69, 9.17) is 9.90 Å². The van der Waals surface area contributed by atoms with E-state index >= 15 is 0 Å². The summed E-state index contributed by atoms with van der Waals surface area (Å²) >= 11 is 0. The summed E-state index contributed by atoms with van der Waals surface area (Å²) in [6, 6.07) is 0. The summed E-state index contributed by atoms with van der Waals surface area (Å²) in [5.41, 5.74) is 0. The molecule has 2 aliphatic heterocycles. The van der Waals surface area contributed by atoms with Crippen LogP contribution in [0.25, 0.3) is 0 Å². The van der Waals surface area contributed by atoms with E-state index in [0.717, 1.165) is 32.7 Å². The first-order chi connectivity index (χ1) is 10.6. The molecule has 0 bridgehead atoms. The number of likely N-dealkylation sites (tertiary alicyclic amines) is 2. The first kappa shape index (κ1) is 19.5. The summed E-state index contributed by atoms with van der Waals surface area (Å²) in [7, 11) is 0. The largest absolute Gasteiger partial charge is 0.490 e. The smallest absolute Gasteiger partial charge is 0.475 e. The first-order valence-electron chi connectivity index (χ1n) is 7.48. The van der Waals surface area contributed by atoms with Crippen LogP contribution in [0.1, 0.15) is 13.8 Å². The van der Waals surface area contributed by atoms with E-state index in [0.29, 0.717) is 17.7 Å². The van der Waals surface area contributed by atoms with Crippen LogP contribution in [0.5, 0.6) is 0 Å². The maximum absolute atomic E-state index is 12.1. The summed E-state index contributed by atoms with van der Waals surface area (Å²) in [5, 5.41) is 7.12. The second kappa shape index (κ2) is 7.81. The quantitative estimate of drug-likeness (QED) is 0.796. The molecule has 2 atom stereocenters. The van der Waals surface area contributed by atoms with Gasteiger partial charge in [0.15, 0.2) is 0 Å². The van der Waals surface area contributed by atoms with Gasteiger partial charge < -0.3 is 14.9 Å². The molecule has 23 heavy (non-hydrogen) atoms. The fourth-order valence-electron chi connectivity index (χ4n) is 3.02. The maximum atomic E-state index is 12.1. The van der Waals surface area contributed by atoms with E-state index in [1.165, 1.54) is 0 Å². The van der Waals surface area contributed by atoms with Gasteiger partial charge in [-0.2, -0.15) is 13.2 Å². The number of fused-ring (bicyclic) bond motifs is 1. The molecule has 1 N–H and O–H groups in total. The number of carbonyl (C=O) groups excluding carboxylic acids is 1. The number of nitrogens with zero attached hydrogens (tertiary/aromatic N) is 2. The lowest BCUT2D eigenvalue weighted by Gasteiger charge is -2.21. The molecular formula is C15H23F3N2O3. The third-order valence-electron chi connectivity index (χ3n) is 3.82. The van der Waals surface area contributed by atoms with Crippen LogP contribution in [0.4, 0.5) is 13.2 Å². The fraction of sp³-hybridized carbons (Fsp3) is 0.733. The molecule has 0 aromatic rings. The predicted molar refractivity (Wildman–Crippen MR) is 78.7 cm³/mol. The number of carbonyl (C=O) groups is 2. The number of halogens is 3. The van der Waals surface area contributed by atoms with Crippen molar-refractivity contribution in [3.63, 3.8) is 0 Å². The molecule has 8 heteroatoms. The highest BCUT2D eigenvalue weighted by Crippen LogP contribution is 2.32. The van der Waals surface area contributed by atoms with Crippen molar-refractivity contribution in [2.24, 2.45) is 17.8 Å². The number of carboxylic acid groups (broad SMARTS) is 1. The van der Waals surface area contributed by atoms with Crippen LogP contribution in [0.15, 0.2) is 12.7 Å². The Labute approximate surface area is 133 Å². The van der Waals surface area contributed by atoms with Crippen molar-refractivity contribution < 1.29 is 27.9 Å². The van der Waals surface area contributed by atoms with E-state index in [1.54, 1.807) is 0 Å². The Balaban J connectivity index is 0.000000322. The number of hydrogen-bond donors (Lipinski definition) is 1. The Morgan fingerprint density at radius 1 is 1.39 bits per heavy atom. The minimum Gasteiger partial charge on any atom is -0.475 e. The molecule has 0 aromatic carbocycles. The van der Waals surface area contributed by atoms with Crippen molar-refractivity contribution in [2.75, 3.05) is 32.7 Å². The number of carboxylic acids is 1. The Hall–Kier alpha value is -1.57. The van der Waals surface area contributed by atoms with Gasteiger partial charge in [-0.3, -0.25) is 4.79 Å². The van der Waals surface area contributed by atoms with E-state index in [1.807, 2.05) is 11.0 Å². The standard InChI is InChI=1S/C13H22N2O.C2HF3O2/c1-4-5-15-8-11-7-14(6-10(2)3)9-12(11)13(15)16;3-2(4,5)1(6)7/h4,10-12H,1,5-9H2,2-3H3;(H,6,7)/t11-,12-;/m0./s1. The number of amides is 1. The van der Waals surface area contributed by atoms with Crippen molar-refractivity contribution in [3.05, 3.63) is 12.7 Å². The van der Waals surface area contributed by atoms with Crippen molar-refractivity contribution in [1.29, 1.82) is 0 Å². The number of rotatable bonds is 4. The van der Waals surface area contributed by atoms with Crippen LogP contribution < -0.4 is 0 Å². The first-order valence-corrected chi connectivity index (χ1v) is 7.48. The molecule has 2 fully saturated rings. The minimum absolute atomic E-state index is 0.263. The number of hydrogen-bond acceptors (Lipinski definition) is 3. The molecule has 0 unspecified atom stereocenters. The summed E-state index contributed by atoms with van der Waals surface area (Å²) in [6.07, 6.45) is -3.26. The topological polar surface area (TPSA) is 60.9 Å². The lowest BCUT2D eigenvalue weighted by atomic mass is 10.0. The van der Waals surface area contributed by atoms with Gasteiger partial charge in [-0.05, 0) is 5.92 Å². The van der Waals surface area contributed by atoms with E-state index in [2.05, 4.69) is 25.3 Å². The third kappa shape index (κ3) is 5.53. The lowest BCUT2D eigenvalue weighted by molar-refractivity contribution is -0.192. The minimum atomic E-state index is -5.08. The van der Waals surface area contributed by atoms with Crippen LogP contribution in [0.2, 0.25) is 0 Å². The van der Waals surface area contributed by atoms with Gasteiger partial charge in [-0.15, -0.1) is 6.58 Å². The molecule has 0 radical (unpaired) electrons. The molecular weight excluding hydrogens is 313 g/mol. The zero-order chi connectivity index (χ0) is 17.8. The zero-order valence-electron chi connectivity index (χ0n) is 13.3. The Morgan fingerprint density at radius 2 is 1.96 bits per heavy atom. The monoisotopic (exact) mass is 336 g/mol. The summed E-state index contributed by atoms with van der Waals surface area (Å²) in [4.78, 5) is 25.4. The molecule has 2 saturated heterocycles. The van der Waals surface area contributed by atoms with Gasteiger partial charge in [0.1, 0.15) is 0 Å². The van der Waals surface area contributed by atoms with Crippen LogP contribution in [-0.4, -0.2) is 65.7 Å². The summed E-state index contributed by atoms with van der Waals surface area (Å²) in [5.74, 6) is -0.897. The average molecular weight is 336 g/mol. The maximum Gasteiger partial charge on any atom is 0.490 e. The van der Waals surface area contributed by atoms with Crippen LogP contribution in [0.3, 0.4) is 0 Å². The average Bonchev–Trinajstić information content (AvgIpc) is 2.89. The SMILES string of the molecule is C=CCN1C[C@@H]2CN(CC(C)C)C[C@@H]2C1=O.O=C(O)C(F)(F)F. The van der Waals surface area contributed by atoms with Crippen molar-refractivity contribution in [3.8, 4) is 0 Å². The molecule has 0 aliphatic carbocycles. The van der Waals surface area contributed by atoms with Crippen molar-refractivity contribution in [2.45, 2.75) is 20.0 Å². The Kier molecular flexibility index (Phi) is 6.61. The zero-order valence-corrected chi connectivity index (χ0v) is 13.3. The van der Waals surface area contributed by atoms with Gasteiger partial charge in [0.2, 0.25) is 5.91 Å². The van der Waals surface area contributed by atoms with Crippen LogP contribution in [-0.2, 0) is 9.59 Å². The van der Waals surface area contributed by atoms with Gasteiger partial charge in [-0.1, -0.05) is 19.9 Å². The summed E-state index contributed by atoms with van der Waals surface area (Å²) < 4.78 is 31.7. The number of aliphatic carboxylic acids is 1. The lowest BCUT2D eigenvalue weighted by Crippen LogP contribution is -2.34. The molecule has 2 aliphatic rings. The number of alkyl halides is 3. The molecule has 1 amide bonds. The van der Waals surface area contributed by atoms with Crippen LogP contribution >= 0.6 is 0 Å². The van der Waals surface area contributed by atoms with Gasteiger partial charge in [0.25, 0.3) is 0 Å². The highest BCUT2D eigenvalue weighted by atomic mass is 19.4. The molecule has 2 rings (SSSR count). The Bertz CT molecular complexity index is 452. The van der Waals surface area contributed by atoms with Crippen molar-refractivity contribution in [1.82, 2.24) is 9.80 Å². The molecule has 2 heterocycles. The third-order valence-corrected chi connectivity index (χ3v) is 3.82. The highest BCUT2D eigenvalue weighted by Gasteiger charge is 2.45. The normalized spacial score (nSPS) is 24.4. The van der Waals surface area contributed by atoms with Gasteiger partial charge in [0, 0.05) is 38.6 Å². The van der Waals surface area contributed by atoms with E-state index < -0.39 is 12.1 Å². The van der Waals surface area contributed by atoms with Gasteiger partial charge in [-0.25, -0.2) is 4.79 Å². The Morgan fingerprint density at radius 3 is 2.35 bits per heavy atom. The van der Waals surface area contributed by atoms with Crippen LogP contribution in [0, 0.1) is 17.8 Å².